The fraction of sp³-hybridized carbons (Fsp3) is 0.867. The van der Waals surface area contributed by atoms with Crippen molar-refractivity contribution >= 4 is 12.1 Å². The number of likely N-dealkylation sites (tertiary alicyclic amines) is 1. The number of hydrogen-bond acceptors (Lipinski definition) is 5. The van der Waals surface area contributed by atoms with E-state index in [-0.39, 0.29) is 24.3 Å². The SMILES string of the molecule is COC(=O)C[C@H](O)C1CCN(C(=O)OC(C)(C)C)CC1C. The Bertz CT molecular complexity index is 377. The molecule has 0 aromatic rings. The molecule has 0 saturated carbocycles. The molecule has 2 unspecified atom stereocenters. The van der Waals surface area contributed by atoms with Crippen molar-refractivity contribution in [2.75, 3.05) is 20.2 Å². The molecule has 0 bridgehead atoms. The molecular formula is C15H27NO5. The maximum absolute atomic E-state index is 12.0. The Morgan fingerprint density at radius 1 is 1.38 bits per heavy atom. The van der Waals surface area contributed by atoms with Gasteiger partial charge >= 0.3 is 12.1 Å². The van der Waals surface area contributed by atoms with Gasteiger partial charge in [-0.15, -0.1) is 0 Å². The van der Waals surface area contributed by atoms with Crippen LogP contribution in [0.25, 0.3) is 0 Å². The van der Waals surface area contributed by atoms with Gasteiger partial charge in [0, 0.05) is 13.1 Å². The van der Waals surface area contributed by atoms with Crippen LogP contribution >= 0.6 is 0 Å². The van der Waals surface area contributed by atoms with Gasteiger partial charge in [-0.25, -0.2) is 4.79 Å². The van der Waals surface area contributed by atoms with Gasteiger partial charge in [0.1, 0.15) is 5.60 Å². The van der Waals surface area contributed by atoms with E-state index in [2.05, 4.69) is 4.74 Å². The molecule has 1 fully saturated rings. The lowest BCUT2D eigenvalue weighted by Gasteiger charge is -2.39. The van der Waals surface area contributed by atoms with E-state index in [1.54, 1.807) is 4.90 Å². The summed E-state index contributed by atoms with van der Waals surface area (Å²) < 4.78 is 9.93. The van der Waals surface area contributed by atoms with Crippen molar-refractivity contribution in [2.45, 2.75) is 52.2 Å². The van der Waals surface area contributed by atoms with E-state index >= 15 is 0 Å². The minimum absolute atomic E-state index is 0.00204. The lowest BCUT2D eigenvalue weighted by atomic mass is 9.82. The smallest absolute Gasteiger partial charge is 0.410 e. The van der Waals surface area contributed by atoms with Gasteiger partial charge in [-0.2, -0.15) is 0 Å². The minimum atomic E-state index is -0.728. The van der Waals surface area contributed by atoms with Gasteiger partial charge in [0.2, 0.25) is 0 Å². The third-order valence-corrected chi connectivity index (χ3v) is 3.72. The predicted octanol–water partition coefficient (Wildman–Crippen LogP) is 1.80. The molecule has 0 aliphatic carbocycles. The quantitative estimate of drug-likeness (QED) is 0.804. The number of piperidine rings is 1. The first-order valence-electron chi connectivity index (χ1n) is 7.37. The summed E-state index contributed by atoms with van der Waals surface area (Å²) in [6.07, 6.45) is -0.403. The van der Waals surface area contributed by atoms with E-state index in [4.69, 9.17) is 4.74 Å². The highest BCUT2D eigenvalue weighted by molar-refractivity contribution is 5.70. The Morgan fingerprint density at radius 2 is 2.00 bits per heavy atom. The summed E-state index contributed by atoms with van der Waals surface area (Å²) in [4.78, 5) is 24.9. The number of esters is 1. The second-order valence-electron chi connectivity index (χ2n) is 6.70. The Labute approximate surface area is 126 Å². The molecule has 1 heterocycles. The van der Waals surface area contributed by atoms with Gasteiger partial charge in [-0.3, -0.25) is 4.79 Å². The topological polar surface area (TPSA) is 76.1 Å². The lowest BCUT2D eigenvalue weighted by molar-refractivity contribution is -0.144. The van der Waals surface area contributed by atoms with E-state index in [0.29, 0.717) is 19.5 Å². The number of amides is 1. The monoisotopic (exact) mass is 301 g/mol. The summed E-state index contributed by atoms with van der Waals surface area (Å²) in [6.45, 7) is 8.53. The van der Waals surface area contributed by atoms with Gasteiger partial charge < -0.3 is 19.5 Å². The number of carbonyl (C=O) groups excluding carboxylic acids is 2. The largest absolute Gasteiger partial charge is 0.469 e. The average Bonchev–Trinajstić information content (AvgIpc) is 2.36. The maximum Gasteiger partial charge on any atom is 0.410 e. The van der Waals surface area contributed by atoms with Gasteiger partial charge in [0.15, 0.2) is 0 Å². The zero-order chi connectivity index (χ0) is 16.2. The van der Waals surface area contributed by atoms with Crippen molar-refractivity contribution in [3.8, 4) is 0 Å². The third kappa shape index (κ3) is 5.53. The summed E-state index contributed by atoms with van der Waals surface area (Å²) in [5.74, 6) is -0.321. The van der Waals surface area contributed by atoms with Crippen molar-refractivity contribution in [2.24, 2.45) is 11.8 Å². The first-order chi connectivity index (χ1) is 9.64. The third-order valence-electron chi connectivity index (χ3n) is 3.72. The molecule has 0 radical (unpaired) electrons. The van der Waals surface area contributed by atoms with Crippen LogP contribution in [-0.2, 0) is 14.3 Å². The number of nitrogens with zero attached hydrogens (tertiary/aromatic N) is 1. The molecule has 6 heteroatoms. The van der Waals surface area contributed by atoms with Crippen LogP contribution in [0.15, 0.2) is 0 Å². The summed E-state index contributed by atoms with van der Waals surface area (Å²) in [5.41, 5.74) is -0.512. The molecule has 1 saturated heterocycles. The standard InChI is InChI=1S/C15H27NO5/c1-10-9-16(14(19)21-15(2,3)4)7-6-11(10)12(17)8-13(18)20-5/h10-12,17H,6-9H2,1-5H3/t10?,11?,12-/m0/s1. The van der Waals surface area contributed by atoms with E-state index in [1.807, 2.05) is 27.7 Å². The number of carbonyl (C=O) groups is 2. The van der Waals surface area contributed by atoms with E-state index in [0.717, 1.165) is 0 Å². The van der Waals surface area contributed by atoms with Crippen molar-refractivity contribution < 1.29 is 24.2 Å². The maximum atomic E-state index is 12.0. The molecular weight excluding hydrogens is 274 g/mol. The number of aliphatic hydroxyl groups is 1. The fourth-order valence-electron chi connectivity index (χ4n) is 2.63. The first-order valence-corrected chi connectivity index (χ1v) is 7.37. The highest BCUT2D eigenvalue weighted by Crippen LogP contribution is 2.28. The van der Waals surface area contributed by atoms with Crippen LogP contribution < -0.4 is 0 Å². The Balaban J connectivity index is 2.54. The van der Waals surface area contributed by atoms with Crippen LogP contribution in [-0.4, -0.2) is 54.0 Å². The normalized spacial score (nSPS) is 24.4. The minimum Gasteiger partial charge on any atom is -0.469 e. The summed E-state index contributed by atoms with van der Waals surface area (Å²) in [5, 5.41) is 10.1. The molecule has 3 atom stereocenters. The van der Waals surface area contributed by atoms with Crippen molar-refractivity contribution in [3.05, 3.63) is 0 Å². The summed E-state index contributed by atoms with van der Waals surface area (Å²) in [6, 6.07) is 0. The second-order valence-corrected chi connectivity index (χ2v) is 6.70. The molecule has 1 rings (SSSR count). The molecule has 0 aromatic carbocycles. The van der Waals surface area contributed by atoms with Gasteiger partial charge in [-0.05, 0) is 39.0 Å². The van der Waals surface area contributed by atoms with Crippen molar-refractivity contribution in [3.63, 3.8) is 0 Å². The predicted molar refractivity (Wildman–Crippen MR) is 77.7 cm³/mol. The molecule has 0 spiro atoms. The van der Waals surface area contributed by atoms with Crippen LogP contribution in [0, 0.1) is 11.8 Å². The number of hydrogen-bond donors (Lipinski definition) is 1. The molecule has 1 aliphatic heterocycles. The summed E-state index contributed by atoms with van der Waals surface area (Å²) in [7, 11) is 1.31. The Morgan fingerprint density at radius 3 is 2.48 bits per heavy atom. The van der Waals surface area contributed by atoms with Crippen LogP contribution in [0.5, 0.6) is 0 Å². The van der Waals surface area contributed by atoms with Crippen molar-refractivity contribution in [1.29, 1.82) is 0 Å². The number of aliphatic hydroxyl groups excluding tert-OH is 1. The highest BCUT2D eigenvalue weighted by atomic mass is 16.6. The molecule has 0 aromatic heterocycles. The average molecular weight is 301 g/mol. The van der Waals surface area contributed by atoms with Crippen molar-refractivity contribution in [1.82, 2.24) is 4.90 Å². The van der Waals surface area contributed by atoms with Crippen LogP contribution in [0.1, 0.15) is 40.5 Å². The van der Waals surface area contributed by atoms with E-state index in [9.17, 15) is 14.7 Å². The Kier molecular flexibility index (Phi) is 6.01. The van der Waals surface area contributed by atoms with Gasteiger partial charge in [-0.1, -0.05) is 6.92 Å². The first kappa shape index (κ1) is 17.8. The molecule has 21 heavy (non-hydrogen) atoms. The Hall–Kier alpha value is -1.30. The molecule has 122 valence electrons. The molecule has 6 nitrogen and oxygen atoms in total. The fourth-order valence-corrected chi connectivity index (χ4v) is 2.63. The zero-order valence-corrected chi connectivity index (χ0v) is 13.6. The molecule has 1 amide bonds. The number of ether oxygens (including phenoxy) is 2. The summed E-state index contributed by atoms with van der Waals surface area (Å²) >= 11 is 0. The zero-order valence-electron chi connectivity index (χ0n) is 13.6. The molecule has 1 N–H and O–H groups in total. The van der Waals surface area contributed by atoms with E-state index < -0.39 is 17.7 Å². The molecule has 1 aliphatic rings. The number of methoxy groups -OCH3 is 1. The van der Waals surface area contributed by atoms with E-state index in [1.165, 1.54) is 7.11 Å². The highest BCUT2D eigenvalue weighted by Gasteiger charge is 2.35. The lowest BCUT2D eigenvalue weighted by Crippen LogP contribution is -2.47. The van der Waals surface area contributed by atoms with Gasteiger partial charge in [0.25, 0.3) is 0 Å². The van der Waals surface area contributed by atoms with Crippen LogP contribution in [0.2, 0.25) is 0 Å². The van der Waals surface area contributed by atoms with Crippen LogP contribution in [0.4, 0.5) is 4.79 Å². The number of rotatable bonds is 3. The second kappa shape index (κ2) is 7.11. The van der Waals surface area contributed by atoms with Crippen LogP contribution in [0.3, 0.4) is 0 Å². The van der Waals surface area contributed by atoms with Gasteiger partial charge in [0.05, 0.1) is 19.6 Å².